The first-order chi connectivity index (χ1) is 17.8. The molecule has 0 atom stereocenters. The number of carboxylic acid groups (broad SMARTS) is 1. The van der Waals surface area contributed by atoms with Crippen LogP contribution in [0.25, 0.3) is 6.08 Å². The first-order valence-electron chi connectivity index (χ1n) is 10.8. The molecule has 10 heteroatoms. The number of halogens is 1. The van der Waals surface area contributed by atoms with Gasteiger partial charge >= 0.3 is 11.9 Å². The number of methoxy groups -OCH3 is 1. The smallest absolute Gasteiger partial charge is 0.343 e. The number of hydrogen-bond donors (Lipinski definition) is 2. The van der Waals surface area contributed by atoms with Crippen LogP contribution in [-0.2, 0) is 4.79 Å². The summed E-state index contributed by atoms with van der Waals surface area (Å²) in [5.41, 5.74) is 0.166. The van der Waals surface area contributed by atoms with Crippen molar-refractivity contribution < 1.29 is 33.7 Å². The number of carbonyl (C=O) groups excluding carboxylic acids is 2. The number of amides is 1. The summed E-state index contributed by atoms with van der Waals surface area (Å²) in [5, 5.41) is 21.3. The van der Waals surface area contributed by atoms with Crippen LogP contribution in [0.2, 0.25) is 5.02 Å². The Morgan fingerprint density at radius 2 is 1.81 bits per heavy atom. The third kappa shape index (κ3) is 6.66. The number of nitrogens with zero attached hydrogens (tertiary/aromatic N) is 1. The predicted molar refractivity (Wildman–Crippen MR) is 136 cm³/mol. The van der Waals surface area contributed by atoms with Gasteiger partial charge in [0.15, 0.2) is 11.5 Å². The summed E-state index contributed by atoms with van der Waals surface area (Å²) in [6.45, 7) is 1.94. The standard InChI is InChI=1S/C27H21ClN2O7/c1-3-36-23-14-16(12-18(15-29)25(31)30-22-7-5-4-6-20(22)26(32)33)13-21(28)24(23)37-27(34)17-8-10-19(35-2)11-9-17/h4-14H,3H2,1-2H3,(H,30,31)(H,32,33)/b18-12+. The van der Waals surface area contributed by atoms with Gasteiger partial charge in [-0.2, -0.15) is 5.26 Å². The van der Waals surface area contributed by atoms with E-state index in [0.29, 0.717) is 11.3 Å². The van der Waals surface area contributed by atoms with E-state index < -0.39 is 17.8 Å². The van der Waals surface area contributed by atoms with Crippen molar-refractivity contribution in [1.82, 2.24) is 0 Å². The van der Waals surface area contributed by atoms with Gasteiger partial charge in [-0.1, -0.05) is 23.7 Å². The van der Waals surface area contributed by atoms with E-state index in [1.54, 1.807) is 31.2 Å². The maximum atomic E-state index is 12.7. The van der Waals surface area contributed by atoms with E-state index in [0.717, 1.165) is 0 Å². The van der Waals surface area contributed by atoms with Crippen LogP contribution < -0.4 is 19.5 Å². The lowest BCUT2D eigenvalue weighted by atomic mass is 10.1. The molecule has 0 aliphatic heterocycles. The first-order valence-corrected chi connectivity index (χ1v) is 11.2. The lowest BCUT2D eigenvalue weighted by Crippen LogP contribution is -2.16. The highest BCUT2D eigenvalue weighted by Gasteiger charge is 2.19. The highest BCUT2D eigenvalue weighted by Crippen LogP contribution is 2.38. The highest BCUT2D eigenvalue weighted by atomic mass is 35.5. The normalized spacial score (nSPS) is 10.7. The second kappa shape index (κ2) is 12.2. The molecule has 0 saturated carbocycles. The second-order valence-corrected chi connectivity index (χ2v) is 7.76. The van der Waals surface area contributed by atoms with Crippen molar-refractivity contribution >= 4 is 41.2 Å². The van der Waals surface area contributed by atoms with Gasteiger partial charge in [0.1, 0.15) is 17.4 Å². The number of hydrogen-bond acceptors (Lipinski definition) is 7. The number of esters is 1. The minimum absolute atomic E-state index is 0.00739. The van der Waals surface area contributed by atoms with E-state index in [4.69, 9.17) is 25.8 Å². The van der Waals surface area contributed by atoms with Crippen LogP contribution in [0.5, 0.6) is 17.2 Å². The molecule has 0 heterocycles. The Kier molecular flexibility index (Phi) is 8.86. The number of nitrogens with one attached hydrogen (secondary N) is 1. The molecule has 37 heavy (non-hydrogen) atoms. The third-order valence-corrected chi connectivity index (χ3v) is 5.21. The Hall–Kier alpha value is -4.81. The van der Waals surface area contributed by atoms with Gasteiger partial charge in [-0.25, -0.2) is 9.59 Å². The van der Waals surface area contributed by atoms with Crippen LogP contribution >= 0.6 is 11.6 Å². The maximum Gasteiger partial charge on any atom is 0.343 e. The molecule has 9 nitrogen and oxygen atoms in total. The van der Waals surface area contributed by atoms with E-state index in [-0.39, 0.29) is 45.5 Å². The van der Waals surface area contributed by atoms with E-state index in [9.17, 15) is 24.8 Å². The monoisotopic (exact) mass is 520 g/mol. The molecular weight excluding hydrogens is 500 g/mol. The lowest BCUT2D eigenvalue weighted by Gasteiger charge is -2.14. The quantitative estimate of drug-likeness (QED) is 0.170. The molecule has 1 amide bonds. The molecule has 3 rings (SSSR count). The van der Waals surface area contributed by atoms with Crippen molar-refractivity contribution in [3.05, 3.63) is 87.9 Å². The molecule has 3 aromatic rings. The number of benzene rings is 3. The molecule has 0 radical (unpaired) electrons. The minimum atomic E-state index is -1.23. The number of ether oxygens (including phenoxy) is 3. The third-order valence-electron chi connectivity index (χ3n) is 4.93. The number of anilines is 1. The Labute approximate surface area is 217 Å². The fourth-order valence-corrected chi connectivity index (χ4v) is 3.45. The zero-order valence-corrected chi connectivity index (χ0v) is 20.5. The van der Waals surface area contributed by atoms with Gasteiger partial charge < -0.3 is 24.6 Å². The van der Waals surface area contributed by atoms with E-state index in [1.165, 1.54) is 55.7 Å². The van der Waals surface area contributed by atoms with Gasteiger partial charge in [-0.3, -0.25) is 4.79 Å². The summed E-state index contributed by atoms with van der Waals surface area (Å²) in [7, 11) is 1.51. The Balaban J connectivity index is 1.90. The van der Waals surface area contributed by atoms with Gasteiger partial charge in [-0.15, -0.1) is 0 Å². The van der Waals surface area contributed by atoms with Gasteiger partial charge in [0.05, 0.1) is 35.6 Å². The fraction of sp³-hybridized carbons (Fsp3) is 0.111. The summed E-state index contributed by atoms with van der Waals surface area (Å²) in [6.07, 6.45) is 1.25. The SMILES string of the molecule is CCOc1cc(/C=C(\C#N)C(=O)Nc2ccccc2C(=O)O)cc(Cl)c1OC(=O)c1ccc(OC)cc1. The highest BCUT2D eigenvalue weighted by molar-refractivity contribution is 6.32. The second-order valence-electron chi connectivity index (χ2n) is 7.36. The number of rotatable bonds is 9. The van der Waals surface area contributed by atoms with Crippen LogP contribution in [0.15, 0.2) is 66.2 Å². The number of carboxylic acids is 1. The number of nitriles is 1. The lowest BCUT2D eigenvalue weighted by molar-refractivity contribution is -0.112. The Morgan fingerprint density at radius 3 is 2.43 bits per heavy atom. The molecule has 3 aromatic carbocycles. The van der Waals surface area contributed by atoms with E-state index in [2.05, 4.69) is 5.32 Å². The summed E-state index contributed by atoms with van der Waals surface area (Å²) in [4.78, 5) is 36.7. The predicted octanol–water partition coefficient (Wildman–Crippen LogP) is 5.21. The number of aromatic carboxylic acids is 1. The molecular formula is C27H21ClN2O7. The molecule has 0 spiro atoms. The molecule has 188 valence electrons. The number of carbonyl (C=O) groups is 3. The van der Waals surface area contributed by atoms with Crippen molar-refractivity contribution in [2.24, 2.45) is 0 Å². The topological polar surface area (TPSA) is 135 Å². The first kappa shape index (κ1) is 26.8. The molecule has 0 saturated heterocycles. The summed E-state index contributed by atoms with van der Waals surface area (Å²) in [5.74, 6) is -2.06. The zero-order valence-electron chi connectivity index (χ0n) is 19.8. The molecule has 0 aliphatic carbocycles. The van der Waals surface area contributed by atoms with Crippen LogP contribution in [0.1, 0.15) is 33.2 Å². The summed E-state index contributed by atoms with van der Waals surface area (Å²) in [6, 6.07) is 16.7. The van der Waals surface area contributed by atoms with Crippen LogP contribution in [0.3, 0.4) is 0 Å². The molecule has 2 N–H and O–H groups in total. The van der Waals surface area contributed by atoms with Crippen LogP contribution in [0, 0.1) is 11.3 Å². The zero-order chi connectivity index (χ0) is 26.9. The maximum absolute atomic E-state index is 12.7. The minimum Gasteiger partial charge on any atom is -0.497 e. The van der Waals surface area contributed by atoms with Crippen molar-refractivity contribution in [2.75, 3.05) is 19.0 Å². The van der Waals surface area contributed by atoms with Crippen LogP contribution in [0.4, 0.5) is 5.69 Å². The molecule has 0 bridgehead atoms. The molecule has 0 aliphatic rings. The molecule has 0 unspecified atom stereocenters. The van der Waals surface area contributed by atoms with Crippen molar-refractivity contribution in [3.8, 4) is 23.3 Å². The van der Waals surface area contributed by atoms with Gasteiger partial charge in [0.25, 0.3) is 5.91 Å². The average Bonchev–Trinajstić information content (AvgIpc) is 2.89. The van der Waals surface area contributed by atoms with Crippen molar-refractivity contribution in [3.63, 3.8) is 0 Å². The number of para-hydroxylation sites is 1. The van der Waals surface area contributed by atoms with Crippen LogP contribution in [-0.4, -0.2) is 36.7 Å². The molecule has 0 aromatic heterocycles. The van der Waals surface area contributed by atoms with Gasteiger partial charge in [0, 0.05) is 0 Å². The summed E-state index contributed by atoms with van der Waals surface area (Å²) < 4.78 is 16.1. The summed E-state index contributed by atoms with van der Waals surface area (Å²) >= 11 is 6.39. The Bertz CT molecular complexity index is 1410. The largest absolute Gasteiger partial charge is 0.497 e. The fourth-order valence-electron chi connectivity index (χ4n) is 3.20. The van der Waals surface area contributed by atoms with Gasteiger partial charge in [-0.05, 0) is 67.1 Å². The van der Waals surface area contributed by atoms with Gasteiger partial charge in [0.2, 0.25) is 0 Å². The van der Waals surface area contributed by atoms with Crippen molar-refractivity contribution in [1.29, 1.82) is 5.26 Å². The van der Waals surface area contributed by atoms with E-state index >= 15 is 0 Å². The Morgan fingerprint density at radius 1 is 1.11 bits per heavy atom. The molecule has 0 fully saturated rings. The average molecular weight is 521 g/mol. The van der Waals surface area contributed by atoms with Crippen molar-refractivity contribution in [2.45, 2.75) is 6.92 Å². The van der Waals surface area contributed by atoms with E-state index in [1.807, 2.05) is 0 Å².